The number of para-hydroxylation sites is 1. The summed E-state index contributed by atoms with van der Waals surface area (Å²) in [5, 5.41) is 12.2. The average molecular weight is 366 g/mol. The maximum atomic E-state index is 12.6. The Morgan fingerprint density at radius 3 is 2.48 bits per heavy atom. The molecule has 7 heteroatoms. The molecule has 0 unspecified atom stereocenters. The van der Waals surface area contributed by atoms with Gasteiger partial charge >= 0.3 is 6.03 Å². The molecule has 0 atom stereocenters. The molecule has 1 N–H and O–H groups in total. The topological polar surface area (TPSA) is 77.8 Å². The molecule has 0 bridgehead atoms. The summed E-state index contributed by atoms with van der Waals surface area (Å²) in [6, 6.07) is 14.8. The van der Waals surface area contributed by atoms with Crippen LogP contribution in [0.4, 0.5) is 16.2 Å². The van der Waals surface area contributed by atoms with Crippen LogP contribution in [-0.4, -0.2) is 51.3 Å². The van der Waals surface area contributed by atoms with Gasteiger partial charge in [0.1, 0.15) is 17.6 Å². The van der Waals surface area contributed by atoms with E-state index < -0.39 is 0 Å². The van der Waals surface area contributed by atoms with E-state index in [1.165, 1.54) is 0 Å². The minimum atomic E-state index is -0.185. The SMILES string of the molecule is COc1ccc(OC)c(NC(=O)N2CCN(c3ccccc3C#N)CC2)c1. The van der Waals surface area contributed by atoms with Crippen LogP contribution in [0.5, 0.6) is 11.5 Å². The zero-order valence-electron chi connectivity index (χ0n) is 15.4. The van der Waals surface area contributed by atoms with Crippen molar-refractivity contribution in [2.24, 2.45) is 0 Å². The molecule has 2 aromatic rings. The number of ether oxygens (including phenoxy) is 2. The van der Waals surface area contributed by atoms with Gasteiger partial charge in [0.2, 0.25) is 0 Å². The largest absolute Gasteiger partial charge is 0.497 e. The number of nitrogens with one attached hydrogen (secondary N) is 1. The van der Waals surface area contributed by atoms with Crippen LogP contribution >= 0.6 is 0 Å². The van der Waals surface area contributed by atoms with Gasteiger partial charge in [-0.1, -0.05) is 12.1 Å². The van der Waals surface area contributed by atoms with Gasteiger partial charge in [0, 0.05) is 32.2 Å². The Morgan fingerprint density at radius 1 is 1.07 bits per heavy atom. The minimum Gasteiger partial charge on any atom is -0.497 e. The van der Waals surface area contributed by atoms with Crippen LogP contribution in [-0.2, 0) is 0 Å². The van der Waals surface area contributed by atoms with E-state index in [-0.39, 0.29) is 6.03 Å². The van der Waals surface area contributed by atoms with Crippen molar-refractivity contribution in [2.75, 3.05) is 50.6 Å². The van der Waals surface area contributed by atoms with Crippen LogP contribution < -0.4 is 19.7 Å². The Morgan fingerprint density at radius 2 is 1.81 bits per heavy atom. The molecule has 0 radical (unpaired) electrons. The van der Waals surface area contributed by atoms with Gasteiger partial charge < -0.3 is 24.6 Å². The number of methoxy groups -OCH3 is 2. The Balaban J connectivity index is 1.65. The van der Waals surface area contributed by atoms with E-state index >= 15 is 0 Å². The van der Waals surface area contributed by atoms with Gasteiger partial charge in [-0.2, -0.15) is 5.26 Å². The van der Waals surface area contributed by atoms with Gasteiger partial charge in [0.15, 0.2) is 0 Å². The van der Waals surface area contributed by atoms with Crippen molar-refractivity contribution in [1.29, 1.82) is 5.26 Å². The van der Waals surface area contributed by atoms with Crippen molar-refractivity contribution in [2.45, 2.75) is 0 Å². The van der Waals surface area contributed by atoms with Crippen molar-refractivity contribution >= 4 is 17.4 Å². The van der Waals surface area contributed by atoms with E-state index in [2.05, 4.69) is 16.3 Å². The fraction of sp³-hybridized carbons (Fsp3) is 0.300. The van der Waals surface area contributed by atoms with E-state index in [1.54, 1.807) is 37.3 Å². The van der Waals surface area contributed by atoms with Crippen molar-refractivity contribution in [1.82, 2.24) is 4.90 Å². The van der Waals surface area contributed by atoms with Crippen molar-refractivity contribution in [3.8, 4) is 17.6 Å². The lowest BCUT2D eigenvalue weighted by atomic mass is 10.1. The number of benzene rings is 2. The summed E-state index contributed by atoms with van der Waals surface area (Å²) in [4.78, 5) is 16.5. The third-order valence-corrected chi connectivity index (χ3v) is 4.58. The smallest absolute Gasteiger partial charge is 0.322 e. The number of anilines is 2. The molecule has 0 spiro atoms. The summed E-state index contributed by atoms with van der Waals surface area (Å²) < 4.78 is 10.5. The van der Waals surface area contributed by atoms with Crippen molar-refractivity contribution in [3.63, 3.8) is 0 Å². The number of carbonyl (C=O) groups excluding carboxylic acids is 1. The monoisotopic (exact) mass is 366 g/mol. The highest BCUT2D eigenvalue weighted by atomic mass is 16.5. The Hall–Kier alpha value is -3.40. The first-order valence-corrected chi connectivity index (χ1v) is 8.68. The summed E-state index contributed by atoms with van der Waals surface area (Å²) in [6.07, 6.45) is 0. The Labute approximate surface area is 158 Å². The van der Waals surface area contributed by atoms with Gasteiger partial charge in [-0.3, -0.25) is 0 Å². The number of hydrogen-bond donors (Lipinski definition) is 1. The summed E-state index contributed by atoms with van der Waals surface area (Å²) in [7, 11) is 3.13. The standard InChI is InChI=1S/C20H22N4O3/c1-26-16-7-8-19(27-2)17(13-16)22-20(25)24-11-9-23(10-12-24)18-6-4-3-5-15(18)14-21/h3-8,13H,9-12H2,1-2H3,(H,22,25). The molecule has 2 amide bonds. The maximum absolute atomic E-state index is 12.6. The second kappa shape index (κ2) is 8.32. The number of urea groups is 1. The van der Waals surface area contributed by atoms with Crippen LogP contribution in [0.1, 0.15) is 5.56 Å². The molecule has 0 aromatic heterocycles. The lowest BCUT2D eigenvalue weighted by molar-refractivity contribution is 0.208. The van der Waals surface area contributed by atoms with Gasteiger partial charge in [-0.25, -0.2) is 4.79 Å². The summed E-state index contributed by atoms with van der Waals surface area (Å²) in [6.45, 7) is 2.47. The molecule has 1 fully saturated rings. The predicted molar refractivity (Wildman–Crippen MR) is 104 cm³/mol. The van der Waals surface area contributed by atoms with Gasteiger partial charge in [-0.05, 0) is 24.3 Å². The molecule has 2 aromatic carbocycles. The summed E-state index contributed by atoms with van der Waals surface area (Å²) >= 11 is 0. The molecule has 140 valence electrons. The molecule has 1 saturated heterocycles. The van der Waals surface area contributed by atoms with E-state index in [0.717, 1.165) is 5.69 Å². The van der Waals surface area contributed by atoms with Crippen molar-refractivity contribution < 1.29 is 14.3 Å². The predicted octanol–water partition coefficient (Wildman–Crippen LogP) is 2.93. The van der Waals surface area contributed by atoms with E-state index in [1.807, 2.05) is 24.3 Å². The molecule has 0 saturated carbocycles. The number of carbonyl (C=O) groups is 1. The number of hydrogen-bond acceptors (Lipinski definition) is 5. The zero-order valence-corrected chi connectivity index (χ0v) is 15.4. The van der Waals surface area contributed by atoms with Crippen LogP contribution in [0.25, 0.3) is 0 Å². The number of rotatable bonds is 4. The molecule has 27 heavy (non-hydrogen) atoms. The molecular weight excluding hydrogens is 344 g/mol. The quantitative estimate of drug-likeness (QED) is 0.900. The molecule has 0 aliphatic carbocycles. The van der Waals surface area contributed by atoms with Crippen molar-refractivity contribution in [3.05, 3.63) is 48.0 Å². The van der Waals surface area contributed by atoms with Crippen LogP contribution in [0, 0.1) is 11.3 Å². The van der Waals surface area contributed by atoms with Crippen LogP contribution in [0.3, 0.4) is 0 Å². The van der Waals surface area contributed by atoms with Crippen LogP contribution in [0.2, 0.25) is 0 Å². The summed E-state index contributed by atoms with van der Waals surface area (Å²) in [5.41, 5.74) is 2.13. The van der Waals surface area contributed by atoms with Gasteiger partial charge in [0.05, 0.1) is 31.2 Å². The van der Waals surface area contributed by atoms with Crippen LogP contribution in [0.15, 0.2) is 42.5 Å². The van der Waals surface area contributed by atoms with E-state index in [4.69, 9.17) is 9.47 Å². The first-order chi connectivity index (χ1) is 13.2. The highest BCUT2D eigenvalue weighted by molar-refractivity contribution is 5.91. The van der Waals surface area contributed by atoms with Gasteiger partial charge in [-0.15, -0.1) is 0 Å². The first-order valence-electron chi connectivity index (χ1n) is 8.68. The fourth-order valence-electron chi connectivity index (χ4n) is 3.10. The van der Waals surface area contributed by atoms with Gasteiger partial charge in [0.25, 0.3) is 0 Å². The molecule has 1 aliphatic heterocycles. The lowest BCUT2D eigenvalue weighted by Gasteiger charge is -2.36. The molecule has 1 aliphatic rings. The molecule has 7 nitrogen and oxygen atoms in total. The van der Waals surface area contributed by atoms with E-state index in [0.29, 0.717) is 48.9 Å². The zero-order chi connectivity index (χ0) is 19.2. The molecule has 3 rings (SSSR count). The Kier molecular flexibility index (Phi) is 5.67. The second-order valence-electron chi connectivity index (χ2n) is 6.10. The number of piperazine rings is 1. The highest BCUT2D eigenvalue weighted by Crippen LogP contribution is 2.29. The lowest BCUT2D eigenvalue weighted by Crippen LogP contribution is -2.50. The fourth-order valence-corrected chi connectivity index (χ4v) is 3.10. The third kappa shape index (κ3) is 4.06. The summed E-state index contributed by atoms with van der Waals surface area (Å²) in [5.74, 6) is 1.22. The normalized spacial score (nSPS) is 13.7. The average Bonchev–Trinajstić information content (AvgIpc) is 2.73. The van der Waals surface area contributed by atoms with E-state index in [9.17, 15) is 10.1 Å². The molecular formula is C20H22N4O3. The number of nitriles is 1. The second-order valence-corrected chi connectivity index (χ2v) is 6.10. The first kappa shape index (κ1) is 18.4. The highest BCUT2D eigenvalue weighted by Gasteiger charge is 2.23. The maximum Gasteiger partial charge on any atom is 0.322 e. The molecule has 1 heterocycles. The third-order valence-electron chi connectivity index (χ3n) is 4.58. The Bertz CT molecular complexity index is 855. The number of nitrogens with zero attached hydrogens (tertiary/aromatic N) is 3. The number of amides is 2. The minimum absolute atomic E-state index is 0.185.